The molecule has 1 amide bonds. The maximum absolute atomic E-state index is 12.6. The second-order valence-electron chi connectivity index (χ2n) is 8.88. The van der Waals surface area contributed by atoms with Crippen molar-refractivity contribution in [3.8, 4) is 5.75 Å². The van der Waals surface area contributed by atoms with Crippen LogP contribution in [0.4, 0.5) is 0 Å². The lowest BCUT2D eigenvalue weighted by atomic mass is 9.92. The van der Waals surface area contributed by atoms with Gasteiger partial charge in [0, 0.05) is 13.0 Å². The predicted octanol–water partition coefficient (Wildman–Crippen LogP) is 5.22. The summed E-state index contributed by atoms with van der Waals surface area (Å²) in [6, 6.07) is 4.45. The number of carboxylic acids is 1. The van der Waals surface area contributed by atoms with E-state index in [1.54, 1.807) is 18.4 Å². The minimum atomic E-state index is -1.05. The second-order valence-corrected chi connectivity index (χ2v) is 8.88. The Morgan fingerprint density at radius 3 is 2.88 bits per heavy atom. The van der Waals surface area contributed by atoms with Crippen molar-refractivity contribution in [3.63, 3.8) is 0 Å². The standard InChI is InChI=1S/C27H34N2O5/c1-4-5-6-10-25(30)29-15-13-20-11-12-22(17-23(20)26(29)27(31)32)33-16-14-21-18-34-24(28-21)9-7-8-19(2)3/h6-7,9-12,17-19,26H,4-5,8,13-16H2,1-3H3,(H,31,32)/b9-7+,10-6?. The molecule has 1 N–H and O–H groups in total. The molecule has 2 aromatic rings. The van der Waals surface area contributed by atoms with Gasteiger partial charge in [-0.15, -0.1) is 0 Å². The molecule has 0 fully saturated rings. The first-order valence-electron chi connectivity index (χ1n) is 12.0. The van der Waals surface area contributed by atoms with Gasteiger partial charge in [0.2, 0.25) is 11.8 Å². The zero-order valence-corrected chi connectivity index (χ0v) is 20.2. The van der Waals surface area contributed by atoms with Crippen LogP contribution in [0, 0.1) is 5.92 Å². The summed E-state index contributed by atoms with van der Waals surface area (Å²) in [4.78, 5) is 30.6. The number of hydrogen-bond donors (Lipinski definition) is 1. The smallest absolute Gasteiger partial charge is 0.331 e. The van der Waals surface area contributed by atoms with E-state index in [4.69, 9.17) is 9.15 Å². The van der Waals surface area contributed by atoms with Crippen LogP contribution in [-0.4, -0.2) is 40.0 Å². The summed E-state index contributed by atoms with van der Waals surface area (Å²) in [5.41, 5.74) is 2.32. The third-order valence-electron chi connectivity index (χ3n) is 5.64. The van der Waals surface area contributed by atoms with Crippen molar-refractivity contribution in [2.45, 2.75) is 58.9 Å². The number of fused-ring (bicyclic) bond motifs is 1. The summed E-state index contributed by atoms with van der Waals surface area (Å²) in [5.74, 6) is 0.407. The number of carbonyl (C=O) groups excluding carboxylic acids is 1. The molecule has 1 aliphatic heterocycles. The normalized spacial score (nSPS) is 15.9. The molecule has 7 nitrogen and oxygen atoms in total. The van der Waals surface area contributed by atoms with Gasteiger partial charge in [-0.25, -0.2) is 9.78 Å². The van der Waals surface area contributed by atoms with Gasteiger partial charge in [0.15, 0.2) is 6.04 Å². The van der Waals surface area contributed by atoms with Crippen LogP contribution in [0.5, 0.6) is 5.75 Å². The van der Waals surface area contributed by atoms with E-state index in [2.05, 4.69) is 24.9 Å². The number of nitrogens with zero attached hydrogens (tertiary/aromatic N) is 2. The molecule has 182 valence electrons. The van der Waals surface area contributed by atoms with Crippen LogP contribution in [0.15, 0.2) is 47.1 Å². The molecule has 0 spiro atoms. The fourth-order valence-electron chi connectivity index (χ4n) is 3.86. The molecule has 0 aliphatic carbocycles. The van der Waals surface area contributed by atoms with E-state index in [0.29, 0.717) is 49.1 Å². The van der Waals surface area contributed by atoms with Crippen molar-refractivity contribution in [2.24, 2.45) is 5.92 Å². The van der Waals surface area contributed by atoms with Gasteiger partial charge in [-0.1, -0.05) is 45.4 Å². The van der Waals surface area contributed by atoms with E-state index >= 15 is 0 Å². The molecule has 3 rings (SSSR count). The van der Waals surface area contributed by atoms with Crippen molar-refractivity contribution in [3.05, 3.63) is 65.4 Å². The first-order valence-corrected chi connectivity index (χ1v) is 12.0. The predicted molar refractivity (Wildman–Crippen MR) is 130 cm³/mol. The Morgan fingerprint density at radius 2 is 2.15 bits per heavy atom. The second kappa shape index (κ2) is 12.2. The SMILES string of the molecule is CCCC=CC(=O)N1CCc2ccc(OCCc3coc(/C=C/CC(C)C)n3)cc2C1C(=O)O. The van der Waals surface area contributed by atoms with E-state index < -0.39 is 12.0 Å². The molecule has 7 heteroatoms. The zero-order valence-electron chi connectivity index (χ0n) is 20.2. The lowest BCUT2D eigenvalue weighted by Crippen LogP contribution is -2.42. The fraction of sp³-hybridized carbons (Fsp3) is 0.444. The number of carboxylic acid groups (broad SMARTS) is 1. The molecule has 0 bridgehead atoms. The number of ether oxygens (including phenoxy) is 1. The number of oxazole rings is 1. The number of unbranched alkanes of at least 4 members (excludes halogenated alkanes) is 1. The number of amides is 1. The number of hydrogen-bond acceptors (Lipinski definition) is 5. The Morgan fingerprint density at radius 1 is 1.32 bits per heavy atom. The molecule has 1 aliphatic rings. The van der Waals surface area contributed by atoms with Crippen LogP contribution < -0.4 is 4.74 Å². The van der Waals surface area contributed by atoms with E-state index in [0.717, 1.165) is 30.5 Å². The van der Waals surface area contributed by atoms with E-state index in [-0.39, 0.29) is 5.91 Å². The van der Waals surface area contributed by atoms with Gasteiger partial charge in [0.05, 0.1) is 12.3 Å². The summed E-state index contributed by atoms with van der Waals surface area (Å²) < 4.78 is 11.4. The molecule has 2 heterocycles. The maximum Gasteiger partial charge on any atom is 0.331 e. The molecule has 34 heavy (non-hydrogen) atoms. The highest BCUT2D eigenvalue weighted by molar-refractivity contribution is 5.92. The molecule has 0 saturated carbocycles. The number of allylic oxidation sites excluding steroid dienone is 2. The molecule has 1 aromatic heterocycles. The molecule has 1 unspecified atom stereocenters. The van der Waals surface area contributed by atoms with Gasteiger partial charge in [0.25, 0.3) is 0 Å². The van der Waals surface area contributed by atoms with Crippen LogP contribution in [0.3, 0.4) is 0 Å². The Kier molecular flexibility index (Phi) is 9.08. The van der Waals surface area contributed by atoms with Crippen molar-refractivity contribution in [1.82, 2.24) is 9.88 Å². The Bertz CT molecular complexity index is 1040. The number of carbonyl (C=O) groups is 2. The average Bonchev–Trinajstić information content (AvgIpc) is 3.25. The summed E-state index contributed by atoms with van der Waals surface area (Å²) in [7, 11) is 0. The summed E-state index contributed by atoms with van der Waals surface area (Å²) >= 11 is 0. The summed E-state index contributed by atoms with van der Waals surface area (Å²) in [6.45, 7) is 7.09. The Labute approximate surface area is 201 Å². The molecule has 0 radical (unpaired) electrons. The van der Waals surface area contributed by atoms with E-state index in [1.165, 1.54) is 11.0 Å². The number of aliphatic carboxylic acids is 1. The van der Waals surface area contributed by atoms with Gasteiger partial charge in [-0.3, -0.25) is 4.79 Å². The zero-order chi connectivity index (χ0) is 24.5. The lowest BCUT2D eigenvalue weighted by molar-refractivity contribution is -0.149. The third-order valence-corrected chi connectivity index (χ3v) is 5.64. The highest BCUT2D eigenvalue weighted by Crippen LogP contribution is 2.33. The van der Waals surface area contributed by atoms with Crippen LogP contribution >= 0.6 is 0 Å². The number of rotatable bonds is 11. The van der Waals surface area contributed by atoms with E-state index in [1.807, 2.05) is 25.1 Å². The molecule has 0 saturated heterocycles. The van der Waals surface area contributed by atoms with Crippen LogP contribution in [0.2, 0.25) is 0 Å². The minimum Gasteiger partial charge on any atom is -0.493 e. The number of benzene rings is 1. The van der Waals surface area contributed by atoms with Crippen molar-refractivity contribution in [1.29, 1.82) is 0 Å². The van der Waals surface area contributed by atoms with Gasteiger partial charge in [-0.2, -0.15) is 0 Å². The van der Waals surface area contributed by atoms with E-state index in [9.17, 15) is 14.7 Å². The molecule has 1 atom stereocenters. The van der Waals surface area contributed by atoms with Crippen LogP contribution in [0.1, 0.15) is 68.8 Å². The average molecular weight is 467 g/mol. The highest BCUT2D eigenvalue weighted by atomic mass is 16.5. The monoisotopic (exact) mass is 466 g/mol. The van der Waals surface area contributed by atoms with Crippen LogP contribution in [-0.2, 0) is 22.4 Å². The molecular formula is C27H34N2O5. The topological polar surface area (TPSA) is 92.9 Å². The Hall–Kier alpha value is -3.35. The summed E-state index contributed by atoms with van der Waals surface area (Å²) in [5, 5.41) is 9.90. The van der Waals surface area contributed by atoms with Crippen molar-refractivity contribution in [2.75, 3.05) is 13.2 Å². The first kappa shape index (κ1) is 25.3. The van der Waals surface area contributed by atoms with Gasteiger partial charge >= 0.3 is 5.97 Å². The largest absolute Gasteiger partial charge is 0.493 e. The van der Waals surface area contributed by atoms with Crippen LogP contribution in [0.25, 0.3) is 6.08 Å². The van der Waals surface area contributed by atoms with Crippen molar-refractivity contribution < 1.29 is 23.8 Å². The van der Waals surface area contributed by atoms with Gasteiger partial charge in [-0.05, 0) is 60.6 Å². The Balaban J connectivity index is 1.64. The highest BCUT2D eigenvalue weighted by Gasteiger charge is 2.35. The maximum atomic E-state index is 12.6. The number of aromatic nitrogens is 1. The third kappa shape index (κ3) is 6.83. The van der Waals surface area contributed by atoms with Gasteiger partial charge < -0.3 is 19.2 Å². The molecule has 1 aromatic carbocycles. The lowest BCUT2D eigenvalue weighted by Gasteiger charge is -2.34. The van der Waals surface area contributed by atoms with Crippen molar-refractivity contribution >= 4 is 18.0 Å². The molecular weight excluding hydrogens is 432 g/mol. The summed E-state index contributed by atoms with van der Waals surface area (Å²) in [6.07, 6.45) is 12.7. The quantitative estimate of drug-likeness (QED) is 0.456. The van der Waals surface area contributed by atoms with Gasteiger partial charge in [0.1, 0.15) is 12.0 Å². The first-order chi connectivity index (χ1) is 16.4. The minimum absolute atomic E-state index is 0.276. The fourth-order valence-corrected chi connectivity index (χ4v) is 3.86.